The molecule has 0 unspecified atom stereocenters. The van der Waals surface area contributed by atoms with E-state index in [1.807, 2.05) is 54.6 Å². The van der Waals surface area contributed by atoms with Gasteiger partial charge in [-0.05, 0) is 40.2 Å². The van der Waals surface area contributed by atoms with E-state index in [1.165, 1.54) is 0 Å². The molecular weight excluding hydrogens is 304 g/mol. The highest BCUT2D eigenvalue weighted by atomic mass is 79.9. The normalized spacial score (nSPS) is 10.6. The molecule has 94 valence electrons. The lowest BCUT2D eigenvalue weighted by atomic mass is 10.2. The molecule has 0 saturated carbocycles. The van der Waals surface area contributed by atoms with Crippen molar-refractivity contribution in [3.63, 3.8) is 0 Å². The van der Waals surface area contributed by atoms with Crippen molar-refractivity contribution in [2.75, 3.05) is 5.32 Å². The first-order valence-corrected chi connectivity index (χ1v) is 6.67. The van der Waals surface area contributed by atoms with Crippen LogP contribution in [0, 0.1) is 0 Å². The summed E-state index contributed by atoms with van der Waals surface area (Å²) < 4.78 is 2.47. The number of hydrogen-bond donors (Lipinski definition) is 1. The van der Waals surface area contributed by atoms with E-state index in [4.69, 9.17) is 0 Å². The number of hydrogen-bond acceptors (Lipinski definition) is 1. The molecular formula is C15H11BrN2O. The zero-order chi connectivity index (χ0) is 13.2. The van der Waals surface area contributed by atoms with Gasteiger partial charge in [0.25, 0.3) is 0 Å². The van der Waals surface area contributed by atoms with Crippen molar-refractivity contribution in [2.45, 2.75) is 0 Å². The minimum atomic E-state index is -0.173. The largest absolute Gasteiger partial charge is 0.330 e. The van der Waals surface area contributed by atoms with Crippen molar-refractivity contribution in [1.82, 2.24) is 4.57 Å². The van der Waals surface area contributed by atoms with Gasteiger partial charge in [0, 0.05) is 16.1 Å². The summed E-state index contributed by atoms with van der Waals surface area (Å²) in [4.78, 5) is 12.3. The molecule has 3 nitrogen and oxygen atoms in total. The lowest BCUT2D eigenvalue weighted by molar-refractivity contribution is 0.254. The molecule has 0 bridgehead atoms. The molecule has 0 aliphatic heterocycles. The average Bonchev–Trinajstić information content (AvgIpc) is 2.85. The van der Waals surface area contributed by atoms with Crippen molar-refractivity contribution < 1.29 is 4.79 Å². The Morgan fingerprint density at radius 3 is 2.58 bits per heavy atom. The second kappa shape index (κ2) is 4.90. The molecule has 0 atom stereocenters. The third-order valence-corrected chi connectivity index (χ3v) is 3.63. The van der Waals surface area contributed by atoms with Crippen LogP contribution >= 0.6 is 15.9 Å². The van der Waals surface area contributed by atoms with Crippen molar-refractivity contribution >= 4 is 38.6 Å². The summed E-state index contributed by atoms with van der Waals surface area (Å²) in [5.41, 5.74) is 1.65. The maximum Gasteiger partial charge on any atom is 0.330 e. The van der Waals surface area contributed by atoms with E-state index in [0.29, 0.717) is 0 Å². The van der Waals surface area contributed by atoms with Gasteiger partial charge in [-0.25, -0.2) is 4.79 Å². The molecule has 1 N–H and O–H groups in total. The van der Waals surface area contributed by atoms with E-state index in [-0.39, 0.29) is 6.03 Å². The fourth-order valence-electron chi connectivity index (χ4n) is 2.00. The first-order chi connectivity index (χ1) is 9.25. The van der Waals surface area contributed by atoms with Gasteiger partial charge in [0.2, 0.25) is 0 Å². The van der Waals surface area contributed by atoms with Crippen LogP contribution in [0.25, 0.3) is 10.9 Å². The Labute approximate surface area is 119 Å². The number of fused-ring (bicyclic) bond motifs is 1. The van der Waals surface area contributed by atoms with Gasteiger partial charge < -0.3 is 5.32 Å². The zero-order valence-corrected chi connectivity index (χ0v) is 11.6. The number of carbonyl (C=O) groups excluding carboxylic acids is 1. The average molecular weight is 315 g/mol. The predicted octanol–water partition coefficient (Wildman–Crippen LogP) is 4.48. The topological polar surface area (TPSA) is 34.0 Å². The van der Waals surface area contributed by atoms with E-state index in [2.05, 4.69) is 21.2 Å². The van der Waals surface area contributed by atoms with Crippen LogP contribution in [0.15, 0.2) is 65.3 Å². The Morgan fingerprint density at radius 1 is 1.00 bits per heavy atom. The maximum atomic E-state index is 12.3. The van der Waals surface area contributed by atoms with Gasteiger partial charge in [-0.2, -0.15) is 0 Å². The van der Waals surface area contributed by atoms with E-state index in [1.54, 1.807) is 10.8 Å². The molecule has 3 aromatic rings. The van der Waals surface area contributed by atoms with Gasteiger partial charge in [-0.3, -0.25) is 4.57 Å². The number of anilines is 1. The summed E-state index contributed by atoms with van der Waals surface area (Å²) in [6, 6.07) is 17.1. The van der Waals surface area contributed by atoms with Crippen LogP contribution in [-0.2, 0) is 0 Å². The fraction of sp³-hybridized carbons (Fsp3) is 0. The summed E-state index contributed by atoms with van der Waals surface area (Å²) in [5.74, 6) is 0. The van der Waals surface area contributed by atoms with Gasteiger partial charge in [-0.15, -0.1) is 0 Å². The minimum absolute atomic E-state index is 0.173. The van der Waals surface area contributed by atoms with Crippen LogP contribution in [0.2, 0.25) is 0 Å². The number of aromatic nitrogens is 1. The van der Waals surface area contributed by atoms with E-state index in [0.717, 1.165) is 21.1 Å². The highest BCUT2D eigenvalue weighted by molar-refractivity contribution is 9.10. The quantitative estimate of drug-likeness (QED) is 0.705. The van der Waals surface area contributed by atoms with Crippen LogP contribution in [0.4, 0.5) is 10.5 Å². The van der Waals surface area contributed by atoms with Gasteiger partial charge in [0.1, 0.15) is 0 Å². The van der Waals surface area contributed by atoms with Crippen LogP contribution in [0.5, 0.6) is 0 Å². The second-order valence-electron chi connectivity index (χ2n) is 4.15. The molecule has 2 aromatic carbocycles. The number of nitrogens with zero attached hydrogens (tertiary/aromatic N) is 1. The van der Waals surface area contributed by atoms with Crippen LogP contribution in [-0.4, -0.2) is 10.6 Å². The second-order valence-corrected chi connectivity index (χ2v) is 5.01. The molecule has 0 radical (unpaired) electrons. The van der Waals surface area contributed by atoms with Crippen LogP contribution in [0.3, 0.4) is 0 Å². The van der Waals surface area contributed by atoms with Gasteiger partial charge in [0.05, 0.1) is 11.2 Å². The highest BCUT2D eigenvalue weighted by Gasteiger charge is 2.09. The molecule has 3 rings (SSSR count). The summed E-state index contributed by atoms with van der Waals surface area (Å²) >= 11 is 3.41. The summed E-state index contributed by atoms with van der Waals surface area (Å²) in [6.07, 6.45) is 1.77. The Bertz CT molecular complexity index is 748. The van der Waals surface area contributed by atoms with E-state index >= 15 is 0 Å². The first-order valence-electron chi connectivity index (χ1n) is 5.88. The van der Waals surface area contributed by atoms with Crippen molar-refractivity contribution in [3.8, 4) is 0 Å². The lowest BCUT2D eigenvalue weighted by Gasteiger charge is -2.08. The van der Waals surface area contributed by atoms with Gasteiger partial charge in [-0.1, -0.05) is 30.3 Å². The molecule has 0 fully saturated rings. The predicted molar refractivity (Wildman–Crippen MR) is 80.5 cm³/mol. The Kier molecular flexibility index (Phi) is 3.09. The molecule has 0 saturated heterocycles. The Morgan fingerprint density at radius 2 is 1.74 bits per heavy atom. The number of para-hydroxylation sites is 2. The number of carbonyl (C=O) groups is 1. The lowest BCUT2D eigenvalue weighted by Crippen LogP contribution is -2.18. The number of halogens is 1. The Balaban J connectivity index is 1.95. The highest BCUT2D eigenvalue weighted by Crippen LogP contribution is 2.22. The van der Waals surface area contributed by atoms with Crippen molar-refractivity contribution in [3.05, 3.63) is 65.3 Å². The third-order valence-electron chi connectivity index (χ3n) is 2.93. The SMILES string of the molecule is O=C(Nc1ccccc1Br)n1ccc2ccccc21. The van der Waals surface area contributed by atoms with Gasteiger partial charge in [0.15, 0.2) is 0 Å². The van der Waals surface area contributed by atoms with Crippen LogP contribution in [0.1, 0.15) is 0 Å². The van der Waals surface area contributed by atoms with Crippen molar-refractivity contribution in [1.29, 1.82) is 0 Å². The molecule has 0 spiro atoms. The van der Waals surface area contributed by atoms with Crippen molar-refractivity contribution in [2.24, 2.45) is 0 Å². The smallest absolute Gasteiger partial charge is 0.306 e. The third kappa shape index (κ3) is 2.27. The Hall–Kier alpha value is -2.07. The number of nitrogens with one attached hydrogen (secondary N) is 1. The standard InChI is InChI=1S/C15H11BrN2O/c16-12-6-2-3-7-13(12)17-15(19)18-10-9-11-5-1-4-8-14(11)18/h1-10H,(H,17,19). The number of rotatable bonds is 1. The molecule has 0 aliphatic rings. The molecule has 1 heterocycles. The summed E-state index contributed by atoms with van der Waals surface area (Å²) in [7, 11) is 0. The minimum Gasteiger partial charge on any atom is -0.306 e. The molecule has 0 aliphatic carbocycles. The molecule has 1 aromatic heterocycles. The van der Waals surface area contributed by atoms with E-state index < -0.39 is 0 Å². The number of amides is 1. The molecule has 19 heavy (non-hydrogen) atoms. The molecule has 1 amide bonds. The number of benzene rings is 2. The summed E-state index contributed by atoms with van der Waals surface area (Å²) in [6.45, 7) is 0. The fourth-order valence-corrected chi connectivity index (χ4v) is 2.38. The zero-order valence-electron chi connectivity index (χ0n) is 10.0. The van der Waals surface area contributed by atoms with Crippen LogP contribution < -0.4 is 5.32 Å². The van der Waals surface area contributed by atoms with E-state index in [9.17, 15) is 4.79 Å². The maximum absolute atomic E-state index is 12.3. The monoisotopic (exact) mass is 314 g/mol. The molecule has 4 heteroatoms. The first kappa shape index (κ1) is 12.0. The summed E-state index contributed by atoms with van der Waals surface area (Å²) in [5, 5.41) is 3.93. The van der Waals surface area contributed by atoms with Gasteiger partial charge >= 0.3 is 6.03 Å².